The van der Waals surface area contributed by atoms with Crippen LogP contribution >= 0.6 is 0 Å². The highest BCUT2D eigenvalue weighted by atomic mass is 16.4. The van der Waals surface area contributed by atoms with Gasteiger partial charge in [-0.1, -0.05) is 364 Å². The summed E-state index contributed by atoms with van der Waals surface area (Å²) in [5.74, 6) is 5.14. The van der Waals surface area contributed by atoms with Gasteiger partial charge in [-0.3, -0.25) is 0 Å². The molecule has 3 aliphatic rings. The summed E-state index contributed by atoms with van der Waals surface area (Å²) in [6.07, 6.45) is 0. The van der Waals surface area contributed by atoms with Crippen molar-refractivity contribution in [2.75, 3.05) is 0 Å². The lowest BCUT2D eigenvalue weighted by molar-refractivity contribution is 0.617. The molecule has 3 aliphatic carbocycles. The van der Waals surface area contributed by atoms with Gasteiger partial charge >= 0.3 is 0 Å². The Morgan fingerprint density at radius 3 is 1.07 bits per heavy atom. The maximum absolute atomic E-state index is 6.07. The van der Waals surface area contributed by atoms with Crippen LogP contribution in [-0.2, 0) is 0 Å². The van der Waals surface area contributed by atoms with Crippen molar-refractivity contribution in [1.82, 2.24) is 44.9 Å². The number of nitrogens with zero attached hydrogens (tertiary/aromatic N) is 9. The van der Waals surface area contributed by atoms with Gasteiger partial charge in [-0.25, -0.2) is 44.9 Å². The van der Waals surface area contributed by atoms with Gasteiger partial charge in [-0.15, -0.1) is 0 Å². The zero-order valence-electron chi connectivity index (χ0n) is 73.0. The third-order valence-corrected chi connectivity index (χ3v) is 27.1. The van der Waals surface area contributed by atoms with Crippen LogP contribution in [-0.4, -0.2) is 44.9 Å². The van der Waals surface area contributed by atoms with Gasteiger partial charge in [0, 0.05) is 44.5 Å². The van der Waals surface area contributed by atoms with Crippen molar-refractivity contribution in [1.29, 1.82) is 0 Å². The van der Waals surface area contributed by atoms with E-state index in [-0.39, 0.29) is 0 Å². The second kappa shape index (κ2) is 31.7. The maximum atomic E-state index is 6.07. The van der Waals surface area contributed by atoms with Gasteiger partial charge in [-0.05, 0) is 243 Å². The summed E-state index contributed by atoms with van der Waals surface area (Å²) in [6.45, 7) is 0. The fourth-order valence-electron chi connectivity index (χ4n) is 20.7. The number of para-hydroxylation sites is 4. The van der Waals surface area contributed by atoms with Crippen LogP contribution in [0.15, 0.2) is 452 Å². The SMILES string of the molecule is c1cc(-c2ccc3c(c2)-c2ccc(-c4cccc(-c5nc6ccccc6o5)n4)c4cccc-3c24)cc(-c2nc3ccccc3o2)c1.c1ccc(-c2ccc(-c3nc(-c4ccc5c6ccccc6c6ccccc6c5c4)nc(-c4ccc5c6c(cccc46)-c4ccccc4-5)n3)cc2)cc1.c1ccc(-c2nc(-c3ccc4ccccc4c3)nc(-c3ccc4c5c(cccc35)-c3ccccc3-4)n2)cc1. The quantitative estimate of drug-likeness (QED) is 0.114. The van der Waals surface area contributed by atoms with Crippen LogP contribution in [0.25, 0.3) is 289 Å². The molecular weight excluding hydrogens is 1660 g/mol. The van der Waals surface area contributed by atoms with Crippen molar-refractivity contribution in [2.24, 2.45) is 0 Å². The van der Waals surface area contributed by atoms with E-state index in [0.717, 1.165) is 105 Å². The molecule has 29 rings (SSSR count). The van der Waals surface area contributed by atoms with Crippen LogP contribution in [0.3, 0.4) is 0 Å². The van der Waals surface area contributed by atoms with E-state index in [9.17, 15) is 0 Å². The van der Waals surface area contributed by atoms with Crippen LogP contribution < -0.4 is 0 Å². The first-order valence-corrected chi connectivity index (χ1v) is 45.8. The highest BCUT2D eigenvalue weighted by molar-refractivity contribution is 6.27. The molecule has 0 amide bonds. The number of aromatic nitrogens is 9. The second-order valence-electron chi connectivity index (χ2n) is 34.8. The Hall–Kier alpha value is -18.5. The number of pyridine rings is 1. The Morgan fingerprint density at radius 2 is 0.478 bits per heavy atom. The fourth-order valence-corrected chi connectivity index (χ4v) is 20.7. The lowest BCUT2D eigenvalue weighted by atomic mass is 9.93. The van der Waals surface area contributed by atoms with Crippen LogP contribution in [0.2, 0.25) is 0 Å². The Balaban J connectivity index is 0.000000105. The summed E-state index contributed by atoms with van der Waals surface area (Å²) in [7, 11) is 0. The molecule has 0 aliphatic heterocycles. The molecule has 5 aromatic heterocycles. The van der Waals surface area contributed by atoms with Crippen molar-refractivity contribution in [3.8, 4) is 192 Å². The number of fused-ring (bicyclic) bond motifs is 18. The van der Waals surface area contributed by atoms with Crippen molar-refractivity contribution >= 4 is 97.6 Å². The highest BCUT2D eigenvalue weighted by Gasteiger charge is 2.30. The normalized spacial score (nSPS) is 11.8. The van der Waals surface area contributed by atoms with E-state index in [1.165, 1.54) is 132 Å². The van der Waals surface area contributed by atoms with Crippen LogP contribution in [0.1, 0.15) is 0 Å². The van der Waals surface area contributed by atoms with Crippen LogP contribution in [0.4, 0.5) is 0 Å². The molecule has 0 bridgehead atoms. The lowest BCUT2D eigenvalue weighted by Crippen LogP contribution is -2.01. The Labute approximate surface area is 780 Å². The molecule has 136 heavy (non-hydrogen) atoms. The predicted octanol–water partition coefficient (Wildman–Crippen LogP) is 32.5. The molecular formula is C125H73N9O2. The zero-order chi connectivity index (χ0) is 89.4. The van der Waals surface area contributed by atoms with Gasteiger partial charge in [0.15, 0.2) is 46.1 Å². The van der Waals surface area contributed by atoms with E-state index < -0.39 is 0 Å². The summed E-state index contributed by atoms with van der Waals surface area (Å²) in [5.41, 5.74) is 32.4. The van der Waals surface area contributed by atoms with Gasteiger partial charge in [-0.2, -0.15) is 0 Å². The molecule has 0 spiro atoms. The first kappa shape index (κ1) is 77.5. The van der Waals surface area contributed by atoms with Gasteiger partial charge in [0.1, 0.15) is 16.7 Å². The van der Waals surface area contributed by atoms with E-state index in [1.54, 1.807) is 0 Å². The molecule has 5 heterocycles. The molecule has 630 valence electrons. The molecule has 0 fully saturated rings. The smallest absolute Gasteiger partial charge is 0.246 e. The third-order valence-electron chi connectivity index (χ3n) is 27.1. The number of benzene rings is 21. The van der Waals surface area contributed by atoms with Gasteiger partial charge in [0.05, 0.1) is 5.69 Å². The molecule has 0 unspecified atom stereocenters. The Kier molecular flexibility index (Phi) is 18.1. The minimum absolute atomic E-state index is 0.522. The van der Waals surface area contributed by atoms with Crippen LogP contribution in [0.5, 0.6) is 0 Å². The van der Waals surface area contributed by atoms with Crippen molar-refractivity contribution in [2.45, 2.75) is 0 Å². The Bertz CT molecular complexity index is 9300. The van der Waals surface area contributed by atoms with E-state index in [1.807, 2.05) is 103 Å². The highest BCUT2D eigenvalue weighted by Crippen LogP contribution is 2.54. The summed E-state index contributed by atoms with van der Waals surface area (Å²) in [5, 5.41) is 17.0. The maximum Gasteiger partial charge on any atom is 0.246 e. The summed E-state index contributed by atoms with van der Waals surface area (Å²) in [6, 6.07) is 155. The number of hydrogen-bond acceptors (Lipinski definition) is 11. The standard InChI is InChI=1S/C49H29N3.C41H23N3O2.C35H21N3/c1-2-11-30(12-3-1)31-21-23-32(24-22-31)47-50-48(33-25-26-40-36-15-5-4-13-34(36)35-14-6-9-18-39(35)45(40)29-33)52-49(51-47)44-28-27-43-38-17-8-7-16-37(38)41-19-10-20-42(44)46(41)43;1-3-16-37-34(12-1)43-40(45-37)26-9-5-8-24(22-26)25-18-19-27-29-10-6-11-30-28(20-21-31(39(29)30)32(27)23-25)33-14-7-15-36(42-33)41-44-35-13-2-4-17-38(35)46-41;1-2-10-23(11-3-1)33-36-34(25-18-17-22-9-4-5-12-24(22)21-25)38-35(37-33)31-20-19-30-27-14-7-6-13-26(27)28-15-8-16-29(31)32(28)30/h1-29H;1-23H;1-21H. The molecule has 11 nitrogen and oxygen atoms in total. The van der Waals surface area contributed by atoms with Crippen LogP contribution in [0, 0.1) is 0 Å². The van der Waals surface area contributed by atoms with E-state index >= 15 is 0 Å². The van der Waals surface area contributed by atoms with E-state index in [0.29, 0.717) is 52.4 Å². The third kappa shape index (κ3) is 13.1. The van der Waals surface area contributed by atoms with Gasteiger partial charge in [0.25, 0.3) is 0 Å². The average molecular weight is 1730 g/mol. The number of oxazole rings is 2. The monoisotopic (exact) mass is 1730 g/mol. The van der Waals surface area contributed by atoms with E-state index in [4.69, 9.17) is 48.7 Å². The largest absolute Gasteiger partial charge is 0.436 e. The van der Waals surface area contributed by atoms with Crippen molar-refractivity contribution in [3.05, 3.63) is 443 Å². The summed E-state index contributed by atoms with van der Waals surface area (Å²) in [4.78, 5) is 45.1. The lowest BCUT2D eigenvalue weighted by Gasteiger charge is -2.13. The minimum atomic E-state index is 0.522. The van der Waals surface area contributed by atoms with Gasteiger partial charge in [0.2, 0.25) is 11.8 Å². The first-order valence-electron chi connectivity index (χ1n) is 45.8. The summed E-state index contributed by atoms with van der Waals surface area (Å²) >= 11 is 0. The van der Waals surface area contributed by atoms with E-state index in [2.05, 4.69) is 345 Å². The molecule has 0 saturated heterocycles. The first-order chi connectivity index (χ1) is 67.4. The Morgan fingerprint density at radius 1 is 0.140 bits per heavy atom. The van der Waals surface area contributed by atoms with Crippen molar-refractivity contribution in [3.63, 3.8) is 0 Å². The fraction of sp³-hybridized carbons (Fsp3) is 0. The molecule has 0 N–H and O–H groups in total. The summed E-state index contributed by atoms with van der Waals surface area (Å²) < 4.78 is 12.1. The molecule has 0 saturated carbocycles. The topological polar surface area (TPSA) is 142 Å². The molecule has 0 radical (unpaired) electrons. The average Bonchev–Trinajstić information content (AvgIpc) is 1.69. The molecule has 26 aromatic rings. The predicted molar refractivity (Wildman–Crippen MR) is 555 cm³/mol. The minimum Gasteiger partial charge on any atom is -0.436 e. The number of rotatable bonds is 11. The zero-order valence-corrected chi connectivity index (χ0v) is 73.0. The number of hydrogen-bond donors (Lipinski definition) is 0. The molecule has 0 atom stereocenters. The molecule has 21 aromatic carbocycles. The molecule has 11 heteroatoms. The van der Waals surface area contributed by atoms with Gasteiger partial charge < -0.3 is 8.83 Å². The van der Waals surface area contributed by atoms with Crippen molar-refractivity contribution < 1.29 is 8.83 Å². The second-order valence-corrected chi connectivity index (χ2v) is 34.8.